The van der Waals surface area contributed by atoms with E-state index in [1.165, 1.54) is 5.56 Å². The Morgan fingerprint density at radius 3 is 2.30 bits per heavy atom. The molecule has 0 N–H and O–H groups in total. The lowest BCUT2D eigenvalue weighted by atomic mass is 9.79. The van der Waals surface area contributed by atoms with Gasteiger partial charge in [0.2, 0.25) is 11.8 Å². The fourth-order valence-corrected chi connectivity index (χ4v) is 3.53. The molecule has 23 heavy (non-hydrogen) atoms. The summed E-state index contributed by atoms with van der Waals surface area (Å²) in [5.41, 5.74) is 1.90. The smallest absolute Gasteiger partial charge is 0.247 e. The van der Waals surface area contributed by atoms with Crippen LogP contribution in [0.1, 0.15) is 37.1 Å². The van der Waals surface area contributed by atoms with Gasteiger partial charge in [0, 0.05) is 23.0 Å². The fourth-order valence-electron chi connectivity index (χ4n) is 3.40. The molecular weight excluding hydrogens is 310 g/mol. The third-order valence-electron chi connectivity index (χ3n) is 4.62. The molecule has 1 fully saturated rings. The number of hydrogen-bond donors (Lipinski definition) is 0. The van der Waals surface area contributed by atoms with Crippen molar-refractivity contribution in [2.24, 2.45) is 0 Å². The van der Waals surface area contributed by atoms with Crippen LogP contribution in [0, 0.1) is 0 Å². The van der Waals surface area contributed by atoms with Crippen LogP contribution < -0.4 is 0 Å². The van der Waals surface area contributed by atoms with Crippen molar-refractivity contribution >= 4 is 11.6 Å². The molecule has 0 radical (unpaired) electrons. The Morgan fingerprint density at radius 2 is 1.61 bits per heavy atom. The largest absolute Gasteiger partial charge is 0.420 e. The second kappa shape index (κ2) is 5.78. The van der Waals surface area contributed by atoms with Crippen LogP contribution in [0.4, 0.5) is 0 Å². The number of pyridine rings is 1. The molecule has 4 rings (SSSR count). The van der Waals surface area contributed by atoms with E-state index in [0.717, 1.165) is 36.3 Å². The molecule has 0 unspecified atom stereocenters. The van der Waals surface area contributed by atoms with Gasteiger partial charge in [-0.3, -0.25) is 4.98 Å². The zero-order valence-electron chi connectivity index (χ0n) is 12.6. The first-order valence-electron chi connectivity index (χ1n) is 7.78. The van der Waals surface area contributed by atoms with Crippen molar-refractivity contribution in [1.29, 1.82) is 0 Å². The Morgan fingerprint density at radius 1 is 0.913 bits per heavy atom. The Labute approximate surface area is 139 Å². The van der Waals surface area contributed by atoms with Gasteiger partial charge in [-0.2, -0.15) is 0 Å². The van der Waals surface area contributed by atoms with E-state index in [0.29, 0.717) is 11.8 Å². The Hall–Kier alpha value is -2.20. The number of aromatic nitrogens is 3. The Bertz CT molecular complexity index is 793. The molecule has 4 nitrogen and oxygen atoms in total. The third kappa shape index (κ3) is 2.53. The van der Waals surface area contributed by atoms with E-state index < -0.39 is 0 Å². The van der Waals surface area contributed by atoms with Crippen LogP contribution in [0.5, 0.6) is 0 Å². The SMILES string of the molecule is Clc1ccc(C2(c3nnc(-c4ccncc4)o3)CCCC2)cc1. The molecule has 0 saturated heterocycles. The van der Waals surface area contributed by atoms with Gasteiger partial charge in [0.1, 0.15) is 0 Å². The van der Waals surface area contributed by atoms with Gasteiger partial charge in [0.15, 0.2) is 0 Å². The van der Waals surface area contributed by atoms with Gasteiger partial charge >= 0.3 is 0 Å². The van der Waals surface area contributed by atoms with Gasteiger partial charge in [0.05, 0.1) is 5.41 Å². The quantitative estimate of drug-likeness (QED) is 0.703. The molecule has 3 aromatic rings. The van der Waals surface area contributed by atoms with Crippen molar-refractivity contribution < 1.29 is 4.42 Å². The van der Waals surface area contributed by atoms with Gasteiger partial charge in [-0.05, 0) is 42.7 Å². The van der Waals surface area contributed by atoms with Crippen LogP contribution >= 0.6 is 11.6 Å². The van der Waals surface area contributed by atoms with E-state index in [-0.39, 0.29) is 5.41 Å². The maximum Gasteiger partial charge on any atom is 0.247 e. The van der Waals surface area contributed by atoms with Crippen molar-refractivity contribution in [1.82, 2.24) is 15.2 Å². The molecule has 1 aliphatic carbocycles. The normalized spacial score (nSPS) is 16.6. The number of halogens is 1. The lowest BCUT2D eigenvalue weighted by Crippen LogP contribution is -2.24. The maximum atomic E-state index is 6.06. The monoisotopic (exact) mass is 325 g/mol. The van der Waals surface area contributed by atoms with Crippen molar-refractivity contribution in [3.63, 3.8) is 0 Å². The molecular formula is C18H16ClN3O. The molecule has 0 spiro atoms. The fraction of sp³-hybridized carbons (Fsp3) is 0.278. The summed E-state index contributed by atoms with van der Waals surface area (Å²) < 4.78 is 6.06. The minimum atomic E-state index is -0.192. The highest BCUT2D eigenvalue weighted by atomic mass is 35.5. The summed E-state index contributed by atoms with van der Waals surface area (Å²) in [6, 6.07) is 11.8. The molecule has 0 atom stereocenters. The van der Waals surface area contributed by atoms with E-state index in [2.05, 4.69) is 27.3 Å². The summed E-state index contributed by atoms with van der Waals surface area (Å²) in [5.74, 6) is 1.24. The lowest BCUT2D eigenvalue weighted by molar-refractivity contribution is 0.380. The van der Waals surface area contributed by atoms with Gasteiger partial charge in [0.25, 0.3) is 0 Å². The molecule has 116 valence electrons. The van der Waals surface area contributed by atoms with Crippen molar-refractivity contribution in [2.45, 2.75) is 31.1 Å². The number of nitrogens with zero attached hydrogens (tertiary/aromatic N) is 3. The van der Waals surface area contributed by atoms with Crippen molar-refractivity contribution in [3.8, 4) is 11.5 Å². The number of benzene rings is 1. The Kier molecular flexibility index (Phi) is 3.62. The van der Waals surface area contributed by atoms with E-state index in [1.54, 1.807) is 12.4 Å². The minimum Gasteiger partial charge on any atom is -0.420 e. The second-order valence-corrected chi connectivity index (χ2v) is 6.38. The summed E-state index contributed by atoms with van der Waals surface area (Å²) in [4.78, 5) is 4.02. The molecule has 2 heterocycles. The molecule has 0 aliphatic heterocycles. The van der Waals surface area contributed by atoms with E-state index in [4.69, 9.17) is 16.0 Å². The van der Waals surface area contributed by atoms with Gasteiger partial charge < -0.3 is 4.42 Å². The summed E-state index contributed by atoms with van der Waals surface area (Å²) in [5, 5.41) is 9.36. The van der Waals surface area contributed by atoms with Crippen molar-refractivity contribution in [2.75, 3.05) is 0 Å². The van der Waals surface area contributed by atoms with Crippen LogP contribution in [-0.2, 0) is 5.41 Å². The van der Waals surface area contributed by atoms with Gasteiger partial charge in [-0.15, -0.1) is 10.2 Å². The highest BCUT2D eigenvalue weighted by Crippen LogP contribution is 2.46. The van der Waals surface area contributed by atoms with Crippen LogP contribution in [0.2, 0.25) is 5.02 Å². The standard InChI is InChI=1S/C18H16ClN3O/c19-15-5-3-14(4-6-15)18(9-1-2-10-18)17-22-21-16(23-17)13-7-11-20-12-8-13/h3-8,11-12H,1-2,9-10H2. The van der Waals surface area contributed by atoms with Gasteiger partial charge in [-0.25, -0.2) is 0 Å². The molecule has 0 amide bonds. The average Bonchev–Trinajstić information content (AvgIpc) is 3.26. The first kappa shape index (κ1) is 14.4. The lowest BCUT2D eigenvalue weighted by Gasteiger charge is -2.25. The number of hydrogen-bond acceptors (Lipinski definition) is 4. The number of rotatable bonds is 3. The zero-order chi connectivity index (χ0) is 15.7. The first-order valence-corrected chi connectivity index (χ1v) is 8.16. The van der Waals surface area contributed by atoms with Crippen molar-refractivity contribution in [3.05, 3.63) is 65.3 Å². The van der Waals surface area contributed by atoms with E-state index in [1.807, 2.05) is 24.3 Å². The first-order chi connectivity index (χ1) is 11.3. The summed E-state index contributed by atoms with van der Waals surface area (Å²) >= 11 is 6.04. The highest BCUT2D eigenvalue weighted by Gasteiger charge is 2.42. The second-order valence-electron chi connectivity index (χ2n) is 5.94. The Balaban J connectivity index is 1.77. The topological polar surface area (TPSA) is 51.8 Å². The minimum absolute atomic E-state index is 0.192. The van der Waals surface area contributed by atoms with Crippen LogP contribution in [-0.4, -0.2) is 15.2 Å². The van der Waals surface area contributed by atoms with Crippen LogP contribution in [0.3, 0.4) is 0 Å². The predicted molar refractivity (Wildman–Crippen MR) is 88.2 cm³/mol. The molecule has 1 aromatic carbocycles. The average molecular weight is 326 g/mol. The summed E-state index contributed by atoms with van der Waals surface area (Å²) in [6.07, 6.45) is 7.82. The molecule has 0 bridgehead atoms. The summed E-state index contributed by atoms with van der Waals surface area (Å²) in [6.45, 7) is 0. The molecule has 1 aliphatic rings. The van der Waals surface area contributed by atoms with E-state index in [9.17, 15) is 0 Å². The van der Waals surface area contributed by atoms with Gasteiger partial charge in [-0.1, -0.05) is 36.6 Å². The van der Waals surface area contributed by atoms with Crippen LogP contribution in [0.25, 0.3) is 11.5 Å². The molecule has 2 aromatic heterocycles. The molecule has 5 heteroatoms. The van der Waals surface area contributed by atoms with E-state index >= 15 is 0 Å². The zero-order valence-corrected chi connectivity index (χ0v) is 13.3. The highest BCUT2D eigenvalue weighted by molar-refractivity contribution is 6.30. The summed E-state index contributed by atoms with van der Waals surface area (Å²) in [7, 11) is 0. The van der Waals surface area contributed by atoms with Crippen LogP contribution in [0.15, 0.2) is 53.2 Å². The molecule has 1 saturated carbocycles. The predicted octanol–water partition coefficient (Wildman–Crippen LogP) is 4.65. The third-order valence-corrected chi connectivity index (χ3v) is 4.87. The maximum absolute atomic E-state index is 6.06.